The molecule has 0 fully saturated rings. The fraction of sp³-hybridized carbons (Fsp3) is 0.385. The van der Waals surface area contributed by atoms with Gasteiger partial charge in [0, 0.05) is 23.6 Å². The van der Waals surface area contributed by atoms with Crippen molar-refractivity contribution in [3.8, 4) is 0 Å². The predicted molar refractivity (Wildman–Crippen MR) is 68.0 cm³/mol. The lowest BCUT2D eigenvalue weighted by Crippen LogP contribution is -2.08. The summed E-state index contributed by atoms with van der Waals surface area (Å²) >= 11 is 0. The van der Waals surface area contributed by atoms with Crippen molar-refractivity contribution in [3.05, 3.63) is 39.4 Å². The summed E-state index contributed by atoms with van der Waals surface area (Å²) in [5, 5.41) is 10.6. The molecular formula is C13H15NO5. The highest BCUT2D eigenvalue weighted by molar-refractivity contribution is 5.97. The Hall–Kier alpha value is -2.24. The first-order chi connectivity index (χ1) is 8.95. The molecule has 0 unspecified atom stereocenters. The van der Waals surface area contributed by atoms with E-state index in [1.54, 1.807) is 13.8 Å². The quantitative estimate of drug-likeness (QED) is 0.341. The molecule has 0 N–H and O–H groups in total. The summed E-state index contributed by atoms with van der Waals surface area (Å²) in [7, 11) is 0. The highest BCUT2D eigenvalue weighted by Gasteiger charge is 2.14. The third kappa shape index (κ3) is 4.17. The molecule has 6 nitrogen and oxygen atoms in total. The second-order valence-electron chi connectivity index (χ2n) is 3.99. The lowest BCUT2D eigenvalue weighted by Gasteiger charge is -2.03. The number of nitrogens with zero attached hydrogens (tertiary/aromatic N) is 1. The van der Waals surface area contributed by atoms with Crippen LogP contribution in [0, 0.1) is 17.0 Å². The zero-order chi connectivity index (χ0) is 14.4. The van der Waals surface area contributed by atoms with Gasteiger partial charge in [-0.2, -0.15) is 0 Å². The minimum Gasteiger partial charge on any atom is -0.466 e. The van der Waals surface area contributed by atoms with Crippen molar-refractivity contribution in [2.24, 2.45) is 0 Å². The third-order valence-corrected chi connectivity index (χ3v) is 2.58. The monoisotopic (exact) mass is 265 g/mol. The number of hydrogen-bond donors (Lipinski definition) is 0. The molecule has 0 spiro atoms. The molecule has 0 amide bonds. The van der Waals surface area contributed by atoms with Crippen molar-refractivity contribution in [2.75, 3.05) is 6.61 Å². The number of ether oxygens (including phenoxy) is 1. The minimum atomic E-state index is -0.498. The summed E-state index contributed by atoms with van der Waals surface area (Å²) in [6.45, 7) is 3.54. The molecule has 0 saturated carbocycles. The van der Waals surface area contributed by atoms with Gasteiger partial charge in [0.2, 0.25) is 0 Å². The van der Waals surface area contributed by atoms with Crippen LogP contribution in [0.1, 0.15) is 35.7 Å². The Kier molecular flexibility index (Phi) is 5.17. The number of Topliss-reactive ketones (excluding diaryl/α,β-unsaturated/α-hetero) is 1. The highest BCUT2D eigenvalue weighted by Crippen LogP contribution is 2.19. The minimum absolute atomic E-state index is 0.0166. The number of benzene rings is 1. The molecule has 102 valence electrons. The molecule has 0 saturated heterocycles. The zero-order valence-corrected chi connectivity index (χ0v) is 10.8. The van der Waals surface area contributed by atoms with Crippen LogP contribution >= 0.6 is 0 Å². The van der Waals surface area contributed by atoms with Crippen molar-refractivity contribution >= 4 is 17.4 Å². The van der Waals surface area contributed by atoms with Gasteiger partial charge in [0.05, 0.1) is 18.0 Å². The van der Waals surface area contributed by atoms with E-state index in [2.05, 4.69) is 0 Å². The lowest BCUT2D eigenvalue weighted by molar-refractivity contribution is -0.385. The Morgan fingerprint density at radius 3 is 2.53 bits per heavy atom. The van der Waals surface area contributed by atoms with Gasteiger partial charge in [0.25, 0.3) is 5.69 Å². The second kappa shape index (κ2) is 6.63. The number of nitro groups is 1. The summed E-state index contributed by atoms with van der Waals surface area (Å²) in [5.74, 6) is -0.652. The lowest BCUT2D eigenvalue weighted by atomic mass is 10.0. The maximum Gasteiger partial charge on any atom is 0.306 e. The molecule has 0 heterocycles. The molecule has 1 aromatic rings. The van der Waals surface area contributed by atoms with Crippen LogP contribution in [0.2, 0.25) is 0 Å². The van der Waals surface area contributed by atoms with Crippen LogP contribution in [0.4, 0.5) is 5.69 Å². The van der Waals surface area contributed by atoms with E-state index in [0.29, 0.717) is 11.1 Å². The molecule has 1 aromatic carbocycles. The first-order valence-corrected chi connectivity index (χ1v) is 5.89. The standard InChI is InChI=1S/C13H15NO5/c1-3-19-13(16)7-6-12(15)10-4-5-11(14(17)18)9(2)8-10/h4-5,8H,3,6-7H2,1-2H3. The molecule has 0 aliphatic carbocycles. The van der Waals surface area contributed by atoms with Crippen LogP contribution in [-0.4, -0.2) is 23.3 Å². The van der Waals surface area contributed by atoms with E-state index in [1.807, 2.05) is 0 Å². The van der Waals surface area contributed by atoms with E-state index in [1.165, 1.54) is 18.2 Å². The van der Waals surface area contributed by atoms with E-state index in [0.717, 1.165) is 0 Å². The summed E-state index contributed by atoms with van der Waals surface area (Å²) in [6.07, 6.45) is 0.0544. The molecule has 0 aromatic heterocycles. The van der Waals surface area contributed by atoms with Crippen LogP contribution in [0.15, 0.2) is 18.2 Å². The smallest absolute Gasteiger partial charge is 0.306 e. The number of aryl methyl sites for hydroxylation is 1. The number of rotatable bonds is 6. The first kappa shape index (κ1) is 14.8. The molecule has 0 atom stereocenters. The van der Waals surface area contributed by atoms with Crippen molar-refractivity contribution in [2.45, 2.75) is 26.7 Å². The second-order valence-corrected chi connectivity index (χ2v) is 3.99. The van der Waals surface area contributed by atoms with Crippen molar-refractivity contribution < 1.29 is 19.2 Å². The maximum atomic E-state index is 11.8. The average molecular weight is 265 g/mol. The molecule has 0 aliphatic rings. The largest absolute Gasteiger partial charge is 0.466 e. The fourth-order valence-corrected chi connectivity index (χ4v) is 1.63. The van der Waals surface area contributed by atoms with Crippen LogP contribution in [0.3, 0.4) is 0 Å². The summed E-state index contributed by atoms with van der Waals surface area (Å²) < 4.78 is 4.72. The van der Waals surface area contributed by atoms with Crippen LogP contribution in [0.25, 0.3) is 0 Å². The summed E-state index contributed by atoms with van der Waals surface area (Å²) in [5.41, 5.74) is 0.765. The Morgan fingerprint density at radius 2 is 2.00 bits per heavy atom. The van der Waals surface area contributed by atoms with Gasteiger partial charge in [-0.25, -0.2) is 0 Å². The summed E-state index contributed by atoms with van der Waals surface area (Å²) in [6, 6.07) is 4.16. The normalized spacial score (nSPS) is 10.0. The van der Waals surface area contributed by atoms with Crippen molar-refractivity contribution in [3.63, 3.8) is 0 Å². The number of carbonyl (C=O) groups excluding carboxylic acids is 2. The number of ketones is 1. The van der Waals surface area contributed by atoms with Gasteiger partial charge in [-0.3, -0.25) is 19.7 Å². The molecule has 0 radical (unpaired) electrons. The zero-order valence-electron chi connectivity index (χ0n) is 10.8. The van der Waals surface area contributed by atoms with E-state index in [-0.39, 0.29) is 30.9 Å². The number of hydrogen-bond acceptors (Lipinski definition) is 5. The van der Waals surface area contributed by atoms with E-state index < -0.39 is 10.9 Å². The average Bonchev–Trinajstić information content (AvgIpc) is 2.35. The predicted octanol–water partition coefficient (Wildman–Crippen LogP) is 2.43. The number of carbonyl (C=O) groups is 2. The Labute approximate surface area is 110 Å². The molecule has 0 aliphatic heterocycles. The van der Waals surface area contributed by atoms with Gasteiger partial charge < -0.3 is 4.74 Å². The van der Waals surface area contributed by atoms with E-state index in [4.69, 9.17) is 4.74 Å². The van der Waals surface area contributed by atoms with E-state index in [9.17, 15) is 19.7 Å². The van der Waals surface area contributed by atoms with Gasteiger partial charge in [0.15, 0.2) is 5.78 Å². The Morgan fingerprint density at radius 1 is 1.32 bits per heavy atom. The van der Waals surface area contributed by atoms with E-state index >= 15 is 0 Å². The number of esters is 1. The molecular weight excluding hydrogens is 250 g/mol. The van der Waals surface area contributed by atoms with Crippen LogP contribution in [0.5, 0.6) is 0 Å². The Bertz CT molecular complexity index is 510. The summed E-state index contributed by atoms with van der Waals surface area (Å²) in [4.78, 5) is 33.1. The first-order valence-electron chi connectivity index (χ1n) is 5.89. The van der Waals surface area contributed by atoms with Crippen LogP contribution in [-0.2, 0) is 9.53 Å². The van der Waals surface area contributed by atoms with Gasteiger partial charge in [0.1, 0.15) is 0 Å². The SMILES string of the molecule is CCOC(=O)CCC(=O)c1ccc([N+](=O)[O-])c(C)c1. The third-order valence-electron chi connectivity index (χ3n) is 2.58. The van der Waals surface area contributed by atoms with Gasteiger partial charge >= 0.3 is 5.97 Å². The van der Waals surface area contributed by atoms with Crippen molar-refractivity contribution in [1.29, 1.82) is 0 Å². The van der Waals surface area contributed by atoms with Gasteiger partial charge in [-0.15, -0.1) is 0 Å². The maximum absolute atomic E-state index is 11.8. The van der Waals surface area contributed by atoms with Gasteiger partial charge in [-0.1, -0.05) is 0 Å². The molecule has 0 bridgehead atoms. The highest BCUT2D eigenvalue weighted by atomic mass is 16.6. The topological polar surface area (TPSA) is 86.5 Å². The molecule has 6 heteroatoms. The molecule has 19 heavy (non-hydrogen) atoms. The van der Waals surface area contributed by atoms with Crippen LogP contribution < -0.4 is 0 Å². The molecule has 1 rings (SSSR count). The van der Waals surface area contributed by atoms with Crippen molar-refractivity contribution in [1.82, 2.24) is 0 Å². The fourth-order valence-electron chi connectivity index (χ4n) is 1.63. The Balaban J connectivity index is 2.70. The van der Waals surface area contributed by atoms with Gasteiger partial charge in [-0.05, 0) is 26.0 Å². The number of nitro benzene ring substituents is 1.